The van der Waals surface area contributed by atoms with Crippen molar-refractivity contribution in [1.82, 2.24) is 0 Å². The van der Waals surface area contributed by atoms with Gasteiger partial charge >= 0.3 is 10.4 Å². The zero-order chi connectivity index (χ0) is 4.50. The van der Waals surface area contributed by atoms with Crippen LogP contribution in [0, 0.1) is 74.2 Å². The van der Waals surface area contributed by atoms with Gasteiger partial charge in [0.15, 0.2) is 0 Å². The van der Waals surface area contributed by atoms with Gasteiger partial charge in [-0.1, -0.05) is 0 Å². The third-order valence-electron chi connectivity index (χ3n) is 0. The van der Waals surface area contributed by atoms with Gasteiger partial charge in [0.05, 0.1) is 0 Å². The topological polar surface area (TPSA) is 74.6 Å². The van der Waals surface area contributed by atoms with Gasteiger partial charge in [0.1, 0.15) is 0 Å². The number of hydrogen-bond donors (Lipinski definition) is 2. The van der Waals surface area contributed by atoms with Crippen LogP contribution in [0.2, 0.25) is 0 Å². The Hall–Kier alpha value is 2.35. The van der Waals surface area contributed by atoms with Gasteiger partial charge in [-0.3, -0.25) is 9.11 Å². The summed E-state index contributed by atoms with van der Waals surface area (Å²) in [7, 11) is -4.67. The van der Waals surface area contributed by atoms with Crippen LogP contribution >= 0.6 is 0 Å². The van der Waals surface area contributed by atoms with E-state index in [0.29, 0.717) is 0 Å². The van der Waals surface area contributed by atoms with E-state index in [4.69, 9.17) is 17.5 Å². The summed E-state index contributed by atoms with van der Waals surface area (Å²) in [5, 5.41) is 0. The predicted octanol–water partition coefficient (Wildman–Crippen LogP) is -0.653. The Kier molecular flexibility index (Phi) is 14.9. The van der Waals surface area contributed by atoms with Crippen molar-refractivity contribution >= 4 is 10.4 Å². The summed E-state index contributed by atoms with van der Waals surface area (Å²) in [4.78, 5) is 0. The standard InChI is InChI=1S/La.H2O4S.Tb/c;1-5(2,3)4;/h;(H2,1,2,3,4);. The normalized spacial score (nSPS) is 8.29. The largest absolute Gasteiger partial charge is 0.394 e. The fourth-order valence-corrected chi connectivity index (χ4v) is 0. The molecule has 0 bridgehead atoms. The van der Waals surface area contributed by atoms with E-state index < -0.39 is 10.4 Å². The molecule has 7 heavy (non-hydrogen) atoms. The van der Waals surface area contributed by atoms with E-state index in [1.807, 2.05) is 0 Å². The molecule has 0 spiro atoms. The molecule has 0 rings (SSSR count). The fraction of sp³-hybridized carbons (Fsp3) is 0. The van der Waals surface area contributed by atoms with Crippen molar-refractivity contribution in [1.29, 1.82) is 0 Å². The first-order chi connectivity index (χ1) is 2.00. The Morgan fingerprint density at radius 3 is 1.14 bits per heavy atom. The van der Waals surface area contributed by atoms with Gasteiger partial charge in [0.2, 0.25) is 0 Å². The van der Waals surface area contributed by atoms with Gasteiger partial charge in [-0.25, -0.2) is 0 Å². The first-order valence-electron chi connectivity index (χ1n) is 0.698. The molecule has 0 aromatic heterocycles. The summed E-state index contributed by atoms with van der Waals surface area (Å²) in [5.74, 6) is 0. The predicted molar refractivity (Wildman–Crippen MR) is 14.2 cm³/mol. The molecule has 0 heterocycles. The van der Waals surface area contributed by atoms with Gasteiger partial charge in [-0.2, -0.15) is 8.42 Å². The maximum atomic E-state index is 8.74. The van der Waals surface area contributed by atoms with Crippen LogP contribution in [0.1, 0.15) is 0 Å². The number of rotatable bonds is 0. The van der Waals surface area contributed by atoms with Crippen LogP contribution in [-0.2, 0) is 10.4 Å². The van der Waals surface area contributed by atoms with Gasteiger partial charge in [-0.05, 0) is 0 Å². The minimum atomic E-state index is -4.67. The first kappa shape index (κ1) is 16.2. The molecule has 0 unspecified atom stereocenters. The van der Waals surface area contributed by atoms with E-state index in [9.17, 15) is 0 Å². The monoisotopic (exact) mass is 396 g/mol. The Balaban J connectivity index is -0.0000000800. The van der Waals surface area contributed by atoms with Crippen LogP contribution in [0.15, 0.2) is 0 Å². The van der Waals surface area contributed by atoms with Crippen molar-refractivity contribution in [3.63, 3.8) is 0 Å². The molecular formula is H2LaO4STb. The number of hydrogen-bond acceptors (Lipinski definition) is 2. The SMILES string of the molecule is O=S(=O)(O)O.[La].[Tb]. The Bertz CT molecular complexity index is 94.9. The molecule has 0 aliphatic carbocycles. The first-order valence-corrected chi connectivity index (χ1v) is 2.10. The summed E-state index contributed by atoms with van der Waals surface area (Å²) in [6.07, 6.45) is 0. The molecule has 0 amide bonds. The molecule has 0 aliphatic heterocycles. The molecule has 0 aromatic carbocycles. The quantitative estimate of drug-likeness (QED) is 0.534. The molecule has 0 fully saturated rings. The molecule has 0 aromatic rings. The smallest absolute Gasteiger partial charge is 0.264 e. The van der Waals surface area contributed by atoms with Crippen LogP contribution < -0.4 is 0 Å². The van der Waals surface area contributed by atoms with Crippen molar-refractivity contribution in [2.45, 2.75) is 0 Å². The minimum Gasteiger partial charge on any atom is -0.264 e. The molecule has 0 saturated heterocycles. The van der Waals surface area contributed by atoms with Crippen molar-refractivity contribution in [3.8, 4) is 0 Å². The van der Waals surface area contributed by atoms with E-state index in [2.05, 4.69) is 0 Å². The van der Waals surface area contributed by atoms with Crippen molar-refractivity contribution < 1.29 is 91.7 Å². The molecular weight excluding hydrogens is 394 g/mol. The van der Waals surface area contributed by atoms with Gasteiger partial charge in [0.25, 0.3) is 0 Å². The van der Waals surface area contributed by atoms with E-state index in [1.165, 1.54) is 0 Å². The molecule has 44 valence electrons. The molecule has 7 heteroatoms. The average molecular weight is 396 g/mol. The minimum absolute atomic E-state index is 0. The molecule has 0 aliphatic rings. The summed E-state index contributed by atoms with van der Waals surface area (Å²) in [5.41, 5.74) is 0. The van der Waals surface area contributed by atoms with Crippen molar-refractivity contribution in [2.24, 2.45) is 0 Å². The van der Waals surface area contributed by atoms with Crippen molar-refractivity contribution in [3.05, 3.63) is 0 Å². The van der Waals surface area contributed by atoms with Gasteiger partial charge in [0, 0.05) is 74.2 Å². The second kappa shape index (κ2) is 6.47. The molecule has 2 N–H and O–H groups in total. The Morgan fingerprint density at radius 2 is 1.14 bits per heavy atom. The second-order valence-corrected chi connectivity index (χ2v) is 1.34. The Morgan fingerprint density at radius 1 is 1.14 bits per heavy atom. The molecule has 2 radical (unpaired) electrons. The van der Waals surface area contributed by atoms with E-state index >= 15 is 0 Å². The van der Waals surface area contributed by atoms with Crippen LogP contribution in [-0.4, -0.2) is 17.5 Å². The fourth-order valence-electron chi connectivity index (χ4n) is 0. The van der Waals surface area contributed by atoms with Crippen LogP contribution in [0.5, 0.6) is 0 Å². The van der Waals surface area contributed by atoms with E-state index in [0.717, 1.165) is 0 Å². The second-order valence-electron chi connectivity index (χ2n) is 0.448. The zero-order valence-corrected chi connectivity index (χ0v) is 9.61. The van der Waals surface area contributed by atoms with Crippen LogP contribution in [0.4, 0.5) is 0 Å². The Labute approximate surface area is 100 Å². The summed E-state index contributed by atoms with van der Waals surface area (Å²) < 4.78 is 31.6. The van der Waals surface area contributed by atoms with Gasteiger partial charge < -0.3 is 0 Å². The van der Waals surface area contributed by atoms with E-state index in [-0.39, 0.29) is 74.2 Å². The maximum absolute atomic E-state index is 8.74. The van der Waals surface area contributed by atoms with Crippen LogP contribution in [0.25, 0.3) is 0 Å². The molecule has 0 saturated carbocycles. The summed E-state index contributed by atoms with van der Waals surface area (Å²) in [6, 6.07) is 0. The van der Waals surface area contributed by atoms with Gasteiger partial charge in [-0.15, -0.1) is 0 Å². The van der Waals surface area contributed by atoms with Crippen LogP contribution in [0.3, 0.4) is 0 Å². The maximum Gasteiger partial charge on any atom is 0.394 e. The third kappa shape index (κ3) is 61.0. The van der Waals surface area contributed by atoms with E-state index in [1.54, 1.807) is 0 Å². The summed E-state index contributed by atoms with van der Waals surface area (Å²) >= 11 is 0. The zero-order valence-electron chi connectivity index (χ0n) is 3.03. The van der Waals surface area contributed by atoms with Crippen molar-refractivity contribution in [2.75, 3.05) is 0 Å². The third-order valence-corrected chi connectivity index (χ3v) is 0. The molecule has 0 atom stereocenters. The molecule has 4 nitrogen and oxygen atoms in total. The summed E-state index contributed by atoms with van der Waals surface area (Å²) in [6.45, 7) is 0. The average Bonchev–Trinajstić information content (AvgIpc) is 0.722.